The number of carbonyl (C=O) groups excluding carboxylic acids is 2. The molecule has 0 aromatic heterocycles. The van der Waals surface area contributed by atoms with Gasteiger partial charge in [-0.3, -0.25) is 4.79 Å². The predicted molar refractivity (Wildman–Crippen MR) is 108 cm³/mol. The van der Waals surface area contributed by atoms with Crippen LogP contribution in [-0.2, 0) is 9.53 Å². The summed E-state index contributed by atoms with van der Waals surface area (Å²) in [7, 11) is 1.31. The van der Waals surface area contributed by atoms with Crippen LogP contribution in [0.3, 0.4) is 0 Å². The maximum Gasteiger partial charge on any atom is 0.337 e. The average Bonchev–Trinajstić information content (AvgIpc) is 3.22. The summed E-state index contributed by atoms with van der Waals surface area (Å²) in [5.74, 6) is -0.666. The van der Waals surface area contributed by atoms with Crippen LogP contribution in [0.4, 0.5) is 17.1 Å². The largest absolute Gasteiger partial charge is 0.465 e. The first-order valence-corrected chi connectivity index (χ1v) is 9.21. The van der Waals surface area contributed by atoms with Gasteiger partial charge in [0.2, 0.25) is 5.91 Å². The zero-order chi connectivity index (χ0) is 19.2. The number of amides is 1. The molecule has 0 spiro atoms. The number of esters is 1. The van der Waals surface area contributed by atoms with Crippen LogP contribution in [0.25, 0.3) is 0 Å². The first-order valence-electron chi connectivity index (χ1n) is 8.83. The molecule has 1 heterocycles. The Morgan fingerprint density at radius 2 is 1.81 bits per heavy atom. The van der Waals surface area contributed by atoms with E-state index in [9.17, 15) is 9.59 Å². The number of benzene rings is 2. The van der Waals surface area contributed by atoms with E-state index in [2.05, 4.69) is 20.3 Å². The van der Waals surface area contributed by atoms with Gasteiger partial charge in [0.25, 0.3) is 0 Å². The van der Waals surface area contributed by atoms with Gasteiger partial charge >= 0.3 is 5.97 Å². The molecule has 2 aromatic rings. The molecule has 0 radical (unpaired) electrons. The Bertz CT molecular complexity index is 818. The van der Waals surface area contributed by atoms with Crippen molar-refractivity contribution in [3.05, 3.63) is 53.1 Å². The smallest absolute Gasteiger partial charge is 0.337 e. The zero-order valence-corrected chi connectivity index (χ0v) is 15.9. The highest BCUT2D eigenvalue weighted by Gasteiger charge is 2.13. The first-order chi connectivity index (χ1) is 13.1. The van der Waals surface area contributed by atoms with Crippen molar-refractivity contribution in [1.82, 2.24) is 0 Å². The topological polar surface area (TPSA) is 70.7 Å². The molecule has 0 saturated carbocycles. The molecule has 0 aliphatic carbocycles. The van der Waals surface area contributed by atoms with Gasteiger partial charge in [-0.2, -0.15) is 0 Å². The van der Waals surface area contributed by atoms with Crippen molar-refractivity contribution < 1.29 is 14.3 Å². The van der Waals surface area contributed by atoms with E-state index in [-0.39, 0.29) is 12.5 Å². The fourth-order valence-corrected chi connectivity index (χ4v) is 3.20. The SMILES string of the molecule is COC(=O)c1ccc(Cl)c(NCC(=O)Nc2ccc(N3CCCC3)cc2)c1. The molecular weight excluding hydrogens is 366 g/mol. The average molecular weight is 388 g/mol. The minimum absolute atomic E-state index is 0.0260. The van der Waals surface area contributed by atoms with E-state index in [1.165, 1.54) is 25.6 Å². The molecule has 0 unspecified atom stereocenters. The van der Waals surface area contributed by atoms with E-state index in [1.807, 2.05) is 24.3 Å². The summed E-state index contributed by atoms with van der Waals surface area (Å²) in [5, 5.41) is 6.21. The van der Waals surface area contributed by atoms with E-state index >= 15 is 0 Å². The molecule has 3 rings (SSSR count). The number of methoxy groups -OCH3 is 1. The number of anilines is 3. The van der Waals surface area contributed by atoms with Crippen molar-refractivity contribution in [3.8, 4) is 0 Å². The van der Waals surface area contributed by atoms with Crippen molar-refractivity contribution in [2.75, 3.05) is 42.3 Å². The Morgan fingerprint density at radius 1 is 1.11 bits per heavy atom. The van der Waals surface area contributed by atoms with Crippen molar-refractivity contribution >= 4 is 40.5 Å². The molecule has 0 atom stereocenters. The van der Waals surface area contributed by atoms with Gasteiger partial charge in [0.15, 0.2) is 0 Å². The fourth-order valence-electron chi connectivity index (χ4n) is 3.02. The van der Waals surface area contributed by atoms with Gasteiger partial charge in [-0.25, -0.2) is 4.79 Å². The van der Waals surface area contributed by atoms with Crippen LogP contribution < -0.4 is 15.5 Å². The highest BCUT2D eigenvalue weighted by atomic mass is 35.5. The van der Waals surface area contributed by atoms with E-state index in [4.69, 9.17) is 11.6 Å². The zero-order valence-electron chi connectivity index (χ0n) is 15.1. The number of hydrogen-bond donors (Lipinski definition) is 2. The van der Waals surface area contributed by atoms with Gasteiger partial charge in [0.1, 0.15) is 0 Å². The van der Waals surface area contributed by atoms with Crippen molar-refractivity contribution in [2.45, 2.75) is 12.8 Å². The second kappa shape index (κ2) is 8.77. The van der Waals surface area contributed by atoms with Crippen molar-refractivity contribution in [2.24, 2.45) is 0 Å². The minimum atomic E-state index is -0.461. The Labute approximate surface area is 163 Å². The molecule has 1 saturated heterocycles. The van der Waals surface area contributed by atoms with Crippen LogP contribution in [-0.4, -0.2) is 38.6 Å². The predicted octanol–water partition coefficient (Wildman–Crippen LogP) is 3.78. The summed E-state index contributed by atoms with van der Waals surface area (Å²) < 4.78 is 4.69. The van der Waals surface area contributed by atoms with Crippen LogP contribution in [0.5, 0.6) is 0 Å². The molecule has 2 aromatic carbocycles. The van der Waals surface area contributed by atoms with Gasteiger partial charge in [-0.15, -0.1) is 0 Å². The number of nitrogens with one attached hydrogen (secondary N) is 2. The molecule has 1 aliphatic heterocycles. The number of hydrogen-bond acceptors (Lipinski definition) is 5. The van der Waals surface area contributed by atoms with E-state index < -0.39 is 5.97 Å². The highest BCUT2D eigenvalue weighted by molar-refractivity contribution is 6.33. The Balaban J connectivity index is 1.56. The standard InChI is InChI=1S/C20H22ClN3O3/c1-27-20(26)14-4-9-17(21)18(12-14)22-13-19(25)23-15-5-7-16(8-6-15)24-10-2-3-11-24/h4-9,12,22H,2-3,10-11,13H2,1H3,(H,23,25). The molecule has 1 fully saturated rings. The maximum absolute atomic E-state index is 12.2. The van der Waals surface area contributed by atoms with Crippen LogP contribution in [0, 0.1) is 0 Å². The lowest BCUT2D eigenvalue weighted by Crippen LogP contribution is -2.22. The van der Waals surface area contributed by atoms with Gasteiger partial charge in [0.05, 0.1) is 29.9 Å². The van der Waals surface area contributed by atoms with Crippen LogP contribution in [0.2, 0.25) is 5.02 Å². The molecule has 2 N–H and O–H groups in total. The second-order valence-electron chi connectivity index (χ2n) is 6.33. The summed E-state index contributed by atoms with van der Waals surface area (Å²) in [6, 6.07) is 12.6. The summed E-state index contributed by atoms with van der Waals surface area (Å²) in [5.41, 5.74) is 2.77. The highest BCUT2D eigenvalue weighted by Crippen LogP contribution is 2.24. The molecule has 6 nitrogen and oxygen atoms in total. The van der Waals surface area contributed by atoms with E-state index in [0.29, 0.717) is 16.3 Å². The van der Waals surface area contributed by atoms with Gasteiger partial charge < -0.3 is 20.3 Å². The minimum Gasteiger partial charge on any atom is -0.465 e. The lowest BCUT2D eigenvalue weighted by atomic mass is 10.2. The lowest BCUT2D eigenvalue weighted by molar-refractivity contribution is -0.114. The number of halogens is 1. The van der Waals surface area contributed by atoms with Gasteiger partial charge in [0, 0.05) is 24.5 Å². The number of ether oxygens (including phenoxy) is 1. The monoisotopic (exact) mass is 387 g/mol. The molecule has 1 amide bonds. The summed E-state index contributed by atoms with van der Waals surface area (Å²) in [6.07, 6.45) is 2.45. The second-order valence-corrected chi connectivity index (χ2v) is 6.74. The van der Waals surface area contributed by atoms with Crippen molar-refractivity contribution in [3.63, 3.8) is 0 Å². The Hall–Kier alpha value is -2.73. The molecule has 7 heteroatoms. The molecule has 27 heavy (non-hydrogen) atoms. The Morgan fingerprint density at radius 3 is 2.48 bits per heavy atom. The number of carbonyl (C=O) groups is 2. The van der Waals surface area contributed by atoms with Crippen LogP contribution in [0.1, 0.15) is 23.2 Å². The lowest BCUT2D eigenvalue weighted by Gasteiger charge is -2.18. The summed E-state index contributed by atoms with van der Waals surface area (Å²) >= 11 is 6.12. The van der Waals surface area contributed by atoms with E-state index in [0.717, 1.165) is 18.8 Å². The van der Waals surface area contributed by atoms with E-state index in [1.54, 1.807) is 18.2 Å². The normalized spacial score (nSPS) is 13.3. The maximum atomic E-state index is 12.2. The Kier molecular flexibility index (Phi) is 6.19. The van der Waals surface area contributed by atoms with Crippen LogP contribution in [0.15, 0.2) is 42.5 Å². The van der Waals surface area contributed by atoms with Gasteiger partial charge in [-0.1, -0.05) is 11.6 Å². The quantitative estimate of drug-likeness (QED) is 0.738. The molecule has 0 bridgehead atoms. The number of rotatable bonds is 6. The first kappa shape index (κ1) is 19.0. The van der Waals surface area contributed by atoms with Crippen molar-refractivity contribution in [1.29, 1.82) is 0 Å². The third-order valence-electron chi connectivity index (χ3n) is 4.45. The third-order valence-corrected chi connectivity index (χ3v) is 4.78. The molecular formula is C20H22ClN3O3. The molecule has 142 valence electrons. The van der Waals surface area contributed by atoms with Crippen LogP contribution >= 0.6 is 11.6 Å². The molecule has 1 aliphatic rings. The van der Waals surface area contributed by atoms with Gasteiger partial charge in [-0.05, 0) is 55.3 Å². The third kappa shape index (κ3) is 4.92. The fraction of sp³-hybridized carbons (Fsp3) is 0.300. The summed E-state index contributed by atoms with van der Waals surface area (Å²) in [4.78, 5) is 26.1. The number of nitrogens with zero attached hydrogens (tertiary/aromatic N) is 1. The summed E-state index contributed by atoms with van der Waals surface area (Å²) in [6.45, 7) is 2.19.